The molecule has 16 heavy (non-hydrogen) atoms. The molecule has 2 N–H and O–H groups in total. The Morgan fingerprint density at radius 3 is 2.75 bits per heavy atom. The number of rotatable bonds is 1. The van der Waals surface area contributed by atoms with Gasteiger partial charge in [-0.05, 0) is 24.3 Å². The molecule has 0 radical (unpaired) electrons. The normalized spacial score (nSPS) is 14.1. The lowest BCUT2D eigenvalue weighted by molar-refractivity contribution is 0.131. The van der Waals surface area contributed by atoms with Crippen molar-refractivity contribution in [1.29, 1.82) is 0 Å². The fraction of sp³-hybridized carbons (Fsp3) is 0.182. The first-order chi connectivity index (χ1) is 7.75. The summed E-state index contributed by atoms with van der Waals surface area (Å²) in [6.45, 7) is 1.15. The molecule has 1 aromatic carbocycles. The Morgan fingerprint density at radius 1 is 1.25 bits per heavy atom. The van der Waals surface area contributed by atoms with Crippen LogP contribution in [-0.2, 0) is 18.0 Å². The topological polar surface area (TPSA) is 53.1 Å². The van der Waals surface area contributed by atoms with Gasteiger partial charge in [0, 0.05) is 10.0 Å². The first-order valence-electron chi connectivity index (χ1n) is 4.95. The zero-order valence-electron chi connectivity index (χ0n) is 8.48. The Morgan fingerprint density at radius 2 is 2.00 bits per heavy atom. The van der Waals surface area contributed by atoms with E-state index < -0.39 is 0 Å². The van der Waals surface area contributed by atoms with Gasteiger partial charge < -0.3 is 10.5 Å². The number of aromatic nitrogens is 2. The number of nitrogens with zero attached hydrogens (tertiary/aromatic N) is 2. The van der Waals surface area contributed by atoms with Gasteiger partial charge in [0.15, 0.2) is 5.82 Å². The molecule has 3 rings (SSSR count). The fourth-order valence-electron chi connectivity index (χ4n) is 1.86. The number of halogens is 1. The van der Waals surface area contributed by atoms with Gasteiger partial charge >= 0.3 is 0 Å². The average Bonchev–Trinajstić information content (AvgIpc) is 2.84. The third-order valence-corrected chi connectivity index (χ3v) is 3.21. The minimum absolute atomic E-state index is 0.565. The molecule has 0 saturated carbocycles. The number of benzene rings is 1. The van der Waals surface area contributed by atoms with Crippen LogP contribution in [0.1, 0.15) is 11.3 Å². The van der Waals surface area contributed by atoms with E-state index in [4.69, 9.17) is 10.5 Å². The van der Waals surface area contributed by atoms with Gasteiger partial charge in [0.05, 0.1) is 24.6 Å². The molecule has 0 amide bonds. The van der Waals surface area contributed by atoms with Gasteiger partial charge in [0.25, 0.3) is 0 Å². The van der Waals surface area contributed by atoms with Crippen LogP contribution in [0.3, 0.4) is 0 Å². The van der Waals surface area contributed by atoms with Crippen molar-refractivity contribution in [3.05, 3.63) is 40.0 Å². The lowest BCUT2D eigenvalue weighted by Crippen LogP contribution is -2.01. The van der Waals surface area contributed by atoms with E-state index in [0.29, 0.717) is 19.0 Å². The standard InChI is InChI=1S/C11H10BrN3O/c12-7-1-3-8(4-2-7)15-10-6-16-5-9(10)11(13)14-15/h1-4H,5-6H2,(H2,13,14). The summed E-state index contributed by atoms with van der Waals surface area (Å²) in [5, 5.41) is 4.33. The minimum Gasteiger partial charge on any atom is -0.382 e. The van der Waals surface area contributed by atoms with Crippen LogP contribution in [-0.4, -0.2) is 9.78 Å². The maximum absolute atomic E-state index is 5.84. The molecule has 1 aliphatic heterocycles. The second-order valence-electron chi connectivity index (χ2n) is 3.69. The highest BCUT2D eigenvalue weighted by Gasteiger charge is 2.22. The minimum atomic E-state index is 0.565. The zero-order chi connectivity index (χ0) is 11.1. The van der Waals surface area contributed by atoms with E-state index in [9.17, 15) is 0 Å². The van der Waals surface area contributed by atoms with Crippen LogP contribution in [0.25, 0.3) is 5.69 Å². The highest BCUT2D eigenvalue weighted by Crippen LogP contribution is 2.27. The average molecular weight is 280 g/mol. The number of fused-ring (bicyclic) bond motifs is 1. The summed E-state index contributed by atoms with van der Waals surface area (Å²) >= 11 is 3.41. The van der Waals surface area contributed by atoms with Crippen LogP contribution in [0, 0.1) is 0 Å². The van der Waals surface area contributed by atoms with Crippen LogP contribution < -0.4 is 5.73 Å². The Balaban J connectivity index is 2.13. The fourth-order valence-corrected chi connectivity index (χ4v) is 2.12. The summed E-state index contributed by atoms with van der Waals surface area (Å²) in [5.41, 5.74) is 8.91. The molecule has 0 bridgehead atoms. The van der Waals surface area contributed by atoms with E-state index in [1.54, 1.807) is 0 Å². The molecule has 4 nitrogen and oxygen atoms in total. The Bertz CT molecular complexity index is 533. The van der Waals surface area contributed by atoms with Crippen molar-refractivity contribution in [2.75, 3.05) is 5.73 Å². The molecule has 0 unspecified atom stereocenters. The van der Waals surface area contributed by atoms with Gasteiger partial charge in [-0.2, -0.15) is 0 Å². The second-order valence-corrected chi connectivity index (χ2v) is 4.61. The van der Waals surface area contributed by atoms with Gasteiger partial charge in [-0.25, -0.2) is 4.68 Å². The molecule has 0 fully saturated rings. The molecule has 2 heterocycles. The molecule has 0 atom stereocenters. The van der Waals surface area contributed by atoms with Crippen molar-refractivity contribution >= 4 is 21.7 Å². The van der Waals surface area contributed by atoms with Crippen molar-refractivity contribution in [2.45, 2.75) is 13.2 Å². The molecule has 5 heteroatoms. The summed E-state index contributed by atoms with van der Waals surface area (Å²) in [7, 11) is 0. The summed E-state index contributed by atoms with van der Waals surface area (Å²) in [4.78, 5) is 0. The SMILES string of the molecule is Nc1nn(-c2ccc(Br)cc2)c2c1COC2. The lowest BCUT2D eigenvalue weighted by Gasteiger charge is -2.04. The molecule has 0 aliphatic carbocycles. The number of nitrogen functional groups attached to an aromatic ring is 1. The van der Waals surface area contributed by atoms with Crippen molar-refractivity contribution in [3.8, 4) is 5.69 Å². The first kappa shape index (κ1) is 9.86. The van der Waals surface area contributed by atoms with Gasteiger partial charge in [0.2, 0.25) is 0 Å². The van der Waals surface area contributed by atoms with E-state index >= 15 is 0 Å². The summed E-state index contributed by atoms with van der Waals surface area (Å²) in [6.07, 6.45) is 0. The van der Waals surface area contributed by atoms with Gasteiger partial charge in [-0.3, -0.25) is 0 Å². The Hall–Kier alpha value is -1.33. The number of ether oxygens (including phenoxy) is 1. The highest BCUT2D eigenvalue weighted by atomic mass is 79.9. The second kappa shape index (κ2) is 3.61. The molecule has 1 aliphatic rings. The summed E-state index contributed by atoms with van der Waals surface area (Å²) < 4.78 is 8.27. The van der Waals surface area contributed by atoms with E-state index in [0.717, 1.165) is 21.4 Å². The predicted molar refractivity (Wildman–Crippen MR) is 64.2 cm³/mol. The predicted octanol–water partition coefficient (Wildman–Crippen LogP) is 2.25. The smallest absolute Gasteiger partial charge is 0.151 e. The molecule has 0 spiro atoms. The number of hydrogen-bond acceptors (Lipinski definition) is 3. The largest absolute Gasteiger partial charge is 0.382 e. The number of hydrogen-bond donors (Lipinski definition) is 1. The van der Waals surface area contributed by atoms with E-state index in [1.165, 1.54) is 0 Å². The summed E-state index contributed by atoms with van der Waals surface area (Å²) in [6, 6.07) is 7.95. The van der Waals surface area contributed by atoms with Crippen LogP contribution >= 0.6 is 15.9 Å². The molecular formula is C11H10BrN3O. The zero-order valence-corrected chi connectivity index (χ0v) is 10.1. The summed E-state index contributed by atoms with van der Waals surface area (Å²) in [5.74, 6) is 0.565. The van der Waals surface area contributed by atoms with Crippen molar-refractivity contribution in [2.24, 2.45) is 0 Å². The molecule has 0 saturated heterocycles. The van der Waals surface area contributed by atoms with Crippen LogP contribution in [0.5, 0.6) is 0 Å². The first-order valence-corrected chi connectivity index (χ1v) is 5.75. The highest BCUT2D eigenvalue weighted by molar-refractivity contribution is 9.10. The molecule has 1 aromatic heterocycles. The van der Waals surface area contributed by atoms with E-state index in [2.05, 4.69) is 21.0 Å². The quantitative estimate of drug-likeness (QED) is 0.871. The molecule has 2 aromatic rings. The van der Waals surface area contributed by atoms with Crippen LogP contribution in [0.15, 0.2) is 28.7 Å². The van der Waals surface area contributed by atoms with Gasteiger partial charge in [0.1, 0.15) is 0 Å². The van der Waals surface area contributed by atoms with Crippen LogP contribution in [0.2, 0.25) is 0 Å². The number of nitrogens with two attached hydrogens (primary N) is 1. The van der Waals surface area contributed by atoms with Crippen LogP contribution in [0.4, 0.5) is 5.82 Å². The Kier molecular flexibility index (Phi) is 2.22. The lowest BCUT2D eigenvalue weighted by atomic mass is 10.2. The van der Waals surface area contributed by atoms with E-state index in [1.807, 2.05) is 28.9 Å². The van der Waals surface area contributed by atoms with Crippen molar-refractivity contribution < 1.29 is 4.74 Å². The van der Waals surface area contributed by atoms with Gasteiger partial charge in [-0.1, -0.05) is 15.9 Å². The molecule has 82 valence electrons. The molecular weight excluding hydrogens is 270 g/mol. The maximum Gasteiger partial charge on any atom is 0.151 e. The monoisotopic (exact) mass is 279 g/mol. The third kappa shape index (κ3) is 1.44. The third-order valence-electron chi connectivity index (χ3n) is 2.68. The van der Waals surface area contributed by atoms with Gasteiger partial charge in [-0.15, -0.1) is 5.10 Å². The van der Waals surface area contributed by atoms with Crippen molar-refractivity contribution in [1.82, 2.24) is 9.78 Å². The Labute approximate surface area is 101 Å². The maximum atomic E-state index is 5.84. The van der Waals surface area contributed by atoms with Crippen molar-refractivity contribution in [3.63, 3.8) is 0 Å². The van der Waals surface area contributed by atoms with E-state index in [-0.39, 0.29) is 0 Å². The number of anilines is 1.